The third kappa shape index (κ3) is 4.13. The topological polar surface area (TPSA) is 29.1 Å². The van der Waals surface area contributed by atoms with Crippen molar-refractivity contribution in [3.05, 3.63) is 22.4 Å². The first kappa shape index (κ1) is 11.2. The lowest BCUT2D eigenvalue weighted by atomic mass is 10.2. The zero-order valence-electron chi connectivity index (χ0n) is 7.76. The minimum atomic E-state index is 0.0680. The van der Waals surface area contributed by atoms with E-state index in [4.69, 9.17) is 0 Å². The second-order valence-electron chi connectivity index (χ2n) is 1.98. The fourth-order valence-electron chi connectivity index (χ4n) is 0.667. The molecule has 1 amide bonds. The zero-order chi connectivity index (χ0) is 9.40. The SMILES string of the molecule is CC.CNC(=O)Cc1ccsc1. The monoisotopic (exact) mass is 185 g/mol. The highest BCUT2D eigenvalue weighted by molar-refractivity contribution is 7.07. The van der Waals surface area contributed by atoms with Crippen LogP contribution in [0, 0.1) is 0 Å². The number of thiophene rings is 1. The van der Waals surface area contributed by atoms with Gasteiger partial charge in [0.15, 0.2) is 0 Å². The number of amides is 1. The second kappa shape index (κ2) is 6.85. The quantitative estimate of drug-likeness (QED) is 0.750. The van der Waals surface area contributed by atoms with E-state index in [0.29, 0.717) is 6.42 Å². The fraction of sp³-hybridized carbons (Fsp3) is 0.444. The van der Waals surface area contributed by atoms with Crippen molar-refractivity contribution in [1.29, 1.82) is 0 Å². The van der Waals surface area contributed by atoms with E-state index in [2.05, 4.69) is 5.32 Å². The van der Waals surface area contributed by atoms with Gasteiger partial charge in [0, 0.05) is 7.05 Å². The molecule has 0 spiro atoms. The zero-order valence-corrected chi connectivity index (χ0v) is 8.57. The third-order valence-electron chi connectivity index (χ3n) is 1.22. The molecule has 12 heavy (non-hydrogen) atoms. The first-order valence-electron chi connectivity index (χ1n) is 4.04. The summed E-state index contributed by atoms with van der Waals surface area (Å²) in [5.74, 6) is 0.0680. The molecule has 3 heteroatoms. The van der Waals surface area contributed by atoms with Crippen molar-refractivity contribution < 1.29 is 4.79 Å². The van der Waals surface area contributed by atoms with Crippen LogP contribution in [0.4, 0.5) is 0 Å². The summed E-state index contributed by atoms with van der Waals surface area (Å²) in [4.78, 5) is 10.8. The number of carbonyl (C=O) groups excluding carboxylic acids is 1. The molecule has 0 atom stereocenters. The maximum atomic E-state index is 10.8. The highest BCUT2D eigenvalue weighted by Crippen LogP contribution is 2.05. The molecule has 0 aromatic carbocycles. The fourth-order valence-corrected chi connectivity index (χ4v) is 1.34. The molecule has 0 unspecified atom stereocenters. The van der Waals surface area contributed by atoms with Gasteiger partial charge in [-0.2, -0.15) is 11.3 Å². The van der Waals surface area contributed by atoms with Crippen LogP contribution in [0.5, 0.6) is 0 Å². The van der Waals surface area contributed by atoms with Crippen molar-refractivity contribution in [2.24, 2.45) is 0 Å². The van der Waals surface area contributed by atoms with Crippen LogP contribution >= 0.6 is 11.3 Å². The van der Waals surface area contributed by atoms with Crippen LogP contribution in [-0.4, -0.2) is 13.0 Å². The van der Waals surface area contributed by atoms with Crippen LogP contribution in [0.2, 0.25) is 0 Å². The molecule has 1 aromatic heterocycles. The molecule has 1 heterocycles. The summed E-state index contributed by atoms with van der Waals surface area (Å²) in [6.07, 6.45) is 0.500. The Morgan fingerprint density at radius 1 is 1.58 bits per heavy atom. The smallest absolute Gasteiger partial charge is 0.224 e. The van der Waals surface area contributed by atoms with E-state index in [1.54, 1.807) is 18.4 Å². The Morgan fingerprint density at radius 3 is 2.67 bits per heavy atom. The van der Waals surface area contributed by atoms with Crippen LogP contribution in [0.3, 0.4) is 0 Å². The van der Waals surface area contributed by atoms with Crippen molar-refractivity contribution in [2.75, 3.05) is 7.05 Å². The van der Waals surface area contributed by atoms with Crippen LogP contribution in [-0.2, 0) is 11.2 Å². The van der Waals surface area contributed by atoms with Crippen molar-refractivity contribution in [3.8, 4) is 0 Å². The summed E-state index contributed by atoms with van der Waals surface area (Å²) < 4.78 is 0. The lowest BCUT2D eigenvalue weighted by molar-refractivity contribution is -0.119. The molecule has 1 rings (SSSR count). The van der Waals surface area contributed by atoms with Gasteiger partial charge in [0.2, 0.25) is 5.91 Å². The predicted octanol–water partition coefficient (Wildman–Crippen LogP) is 2.06. The minimum Gasteiger partial charge on any atom is -0.359 e. The number of hydrogen-bond donors (Lipinski definition) is 1. The highest BCUT2D eigenvalue weighted by atomic mass is 32.1. The number of nitrogens with one attached hydrogen (secondary N) is 1. The Balaban J connectivity index is 0.000000561. The van der Waals surface area contributed by atoms with Gasteiger partial charge in [0.1, 0.15) is 0 Å². The standard InChI is InChI=1S/C7H9NOS.C2H6/c1-8-7(9)4-6-2-3-10-5-6;1-2/h2-3,5H,4H2,1H3,(H,8,9);1-2H3. The molecule has 0 saturated heterocycles. The van der Waals surface area contributed by atoms with Gasteiger partial charge in [-0.25, -0.2) is 0 Å². The Hall–Kier alpha value is -0.830. The van der Waals surface area contributed by atoms with Crippen molar-refractivity contribution >= 4 is 17.2 Å². The van der Waals surface area contributed by atoms with E-state index >= 15 is 0 Å². The van der Waals surface area contributed by atoms with Crippen LogP contribution in [0.25, 0.3) is 0 Å². The number of carbonyl (C=O) groups is 1. The van der Waals surface area contributed by atoms with Gasteiger partial charge in [-0.3, -0.25) is 4.79 Å². The van der Waals surface area contributed by atoms with Gasteiger partial charge < -0.3 is 5.32 Å². The largest absolute Gasteiger partial charge is 0.359 e. The molecule has 0 aliphatic heterocycles. The van der Waals surface area contributed by atoms with Gasteiger partial charge in [-0.15, -0.1) is 0 Å². The Morgan fingerprint density at radius 2 is 2.25 bits per heavy atom. The average molecular weight is 185 g/mol. The molecule has 68 valence electrons. The predicted molar refractivity (Wildman–Crippen MR) is 53.4 cm³/mol. The molecule has 2 nitrogen and oxygen atoms in total. The summed E-state index contributed by atoms with van der Waals surface area (Å²) >= 11 is 1.61. The van der Waals surface area contributed by atoms with Crippen LogP contribution in [0.1, 0.15) is 19.4 Å². The lowest BCUT2D eigenvalue weighted by Crippen LogP contribution is -2.19. The molecular weight excluding hydrogens is 170 g/mol. The van der Waals surface area contributed by atoms with Crippen LogP contribution < -0.4 is 5.32 Å². The summed E-state index contributed by atoms with van der Waals surface area (Å²) in [6.45, 7) is 4.00. The van der Waals surface area contributed by atoms with Crippen molar-refractivity contribution in [1.82, 2.24) is 5.32 Å². The molecule has 0 radical (unpaired) electrons. The molecule has 0 bridgehead atoms. The van der Waals surface area contributed by atoms with E-state index in [1.807, 2.05) is 30.7 Å². The number of rotatable bonds is 2. The number of hydrogen-bond acceptors (Lipinski definition) is 2. The Bertz CT molecular complexity index is 206. The van der Waals surface area contributed by atoms with Crippen molar-refractivity contribution in [3.63, 3.8) is 0 Å². The first-order chi connectivity index (χ1) is 5.83. The van der Waals surface area contributed by atoms with E-state index in [9.17, 15) is 4.79 Å². The van der Waals surface area contributed by atoms with E-state index in [1.165, 1.54) is 0 Å². The maximum Gasteiger partial charge on any atom is 0.224 e. The average Bonchev–Trinajstić information content (AvgIpc) is 2.60. The minimum absolute atomic E-state index is 0.0680. The van der Waals surface area contributed by atoms with Crippen LogP contribution in [0.15, 0.2) is 16.8 Å². The van der Waals surface area contributed by atoms with Crippen molar-refractivity contribution in [2.45, 2.75) is 20.3 Å². The van der Waals surface area contributed by atoms with E-state index < -0.39 is 0 Å². The number of likely N-dealkylation sites (N-methyl/N-ethyl adjacent to an activating group) is 1. The molecule has 1 aromatic rings. The highest BCUT2D eigenvalue weighted by Gasteiger charge is 1.98. The summed E-state index contributed by atoms with van der Waals surface area (Å²) in [5.41, 5.74) is 1.09. The third-order valence-corrected chi connectivity index (χ3v) is 1.96. The summed E-state index contributed by atoms with van der Waals surface area (Å²) in [5, 5.41) is 6.52. The molecule has 0 aliphatic carbocycles. The van der Waals surface area contributed by atoms with Gasteiger partial charge >= 0.3 is 0 Å². The van der Waals surface area contributed by atoms with Gasteiger partial charge in [0.05, 0.1) is 6.42 Å². The normalized spacial score (nSPS) is 8.25. The molecule has 0 aliphatic rings. The molecule has 0 fully saturated rings. The lowest BCUT2D eigenvalue weighted by Gasteiger charge is -1.94. The Kier molecular flexibility index (Phi) is 6.38. The van der Waals surface area contributed by atoms with E-state index in [0.717, 1.165) is 5.56 Å². The summed E-state index contributed by atoms with van der Waals surface area (Å²) in [7, 11) is 1.65. The molecule has 0 saturated carbocycles. The van der Waals surface area contributed by atoms with Gasteiger partial charge in [-0.05, 0) is 22.4 Å². The Labute approximate surface area is 77.6 Å². The molecular formula is C9H15NOS. The maximum absolute atomic E-state index is 10.8. The van der Waals surface area contributed by atoms with Gasteiger partial charge in [-0.1, -0.05) is 13.8 Å². The first-order valence-corrected chi connectivity index (χ1v) is 4.99. The van der Waals surface area contributed by atoms with E-state index in [-0.39, 0.29) is 5.91 Å². The summed E-state index contributed by atoms with van der Waals surface area (Å²) in [6, 6.07) is 1.96. The van der Waals surface area contributed by atoms with Gasteiger partial charge in [0.25, 0.3) is 0 Å². The molecule has 1 N–H and O–H groups in total. The second-order valence-corrected chi connectivity index (χ2v) is 2.76.